The highest BCUT2D eigenvalue weighted by Gasteiger charge is 2.34. The molecule has 0 bridgehead atoms. The van der Waals surface area contributed by atoms with Crippen LogP contribution in [0.25, 0.3) is 0 Å². The van der Waals surface area contributed by atoms with Gasteiger partial charge in [0.05, 0.1) is 6.61 Å². The van der Waals surface area contributed by atoms with E-state index in [-0.39, 0.29) is 19.0 Å². The quantitative estimate of drug-likeness (QED) is 0.890. The molecule has 0 aliphatic carbocycles. The Hall–Kier alpha value is -2.35. The van der Waals surface area contributed by atoms with Crippen LogP contribution in [0.1, 0.15) is 17.1 Å². The summed E-state index contributed by atoms with van der Waals surface area (Å²) in [5, 5.41) is 8.74. The third-order valence-corrected chi connectivity index (χ3v) is 2.80. The van der Waals surface area contributed by atoms with Crippen LogP contribution in [0.15, 0.2) is 36.5 Å². The zero-order valence-electron chi connectivity index (χ0n) is 11.4. The number of benzene rings is 1. The maximum atomic E-state index is 12.6. The van der Waals surface area contributed by atoms with Crippen LogP contribution >= 0.6 is 0 Å². The predicted molar refractivity (Wildman–Crippen MR) is 69.8 cm³/mol. The monoisotopic (exact) mass is 314 g/mol. The summed E-state index contributed by atoms with van der Waals surface area (Å²) < 4.78 is 44.2. The van der Waals surface area contributed by atoms with Gasteiger partial charge in [0.1, 0.15) is 19.0 Å². The maximum absolute atomic E-state index is 12.6. The molecule has 0 unspecified atom stereocenters. The van der Waals surface area contributed by atoms with Crippen molar-refractivity contribution in [1.29, 1.82) is 0 Å². The topological polar surface area (TPSA) is 64.3 Å². The van der Waals surface area contributed by atoms with Crippen molar-refractivity contribution in [2.45, 2.75) is 25.9 Å². The van der Waals surface area contributed by atoms with Crippen molar-refractivity contribution in [3.05, 3.63) is 53.6 Å². The molecule has 1 heterocycles. The molecule has 1 N–H and O–H groups in total. The van der Waals surface area contributed by atoms with E-state index < -0.39 is 24.4 Å². The number of carboxylic acid groups (broad SMARTS) is 1. The Balaban J connectivity index is 2.07. The van der Waals surface area contributed by atoms with E-state index in [4.69, 9.17) is 9.84 Å². The van der Waals surface area contributed by atoms with Gasteiger partial charge in [0, 0.05) is 6.20 Å². The standard InChI is InChI=1S/C14H13F3N2O3/c15-14(16,17)11-6-19(7-13(20)21)12(18-11)9-22-8-10-4-2-1-3-5-10/h1-6H,7-9H2,(H,20,21). The molecule has 1 aromatic heterocycles. The average molecular weight is 314 g/mol. The van der Waals surface area contributed by atoms with Gasteiger partial charge in [-0.2, -0.15) is 13.2 Å². The Morgan fingerprint density at radius 2 is 1.91 bits per heavy atom. The molecule has 0 fully saturated rings. The van der Waals surface area contributed by atoms with Gasteiger partial charge >= 0.3 is 12.1 Å². The highest BCUT2D eigenvalue weighted by Crippen LogP contribution is 2.28. The Morgan fingerprint density at radius 3 is 2.50 bits per heavy atom. The number of imidazole rings is 1. The molecule has 118 valence electrons. The summed E-state index contributed by atoms with van der Waals surface area (Å²) in [7, 11) is 0. The van der Waals surface area contributed by atoms with E-state index in [1.165, 1.54) is 0 Å². The van der Waals surface area contributed by atoms with Crippen molar-refractivity contribution in [3.63, 3.8) is 0 Å². The molecule has 0 radical (unpaired) electrons. The van der Waals surface area contributed by atoms with E-state index in [1.807, 2.05) is 30.3 Å². The molecular weight excluding hydrogens is 301 g/mol. The molecular formula is C14H13F3N2O3. The van der Waals surface area contributed by atoms with Crippen molar-refractivity contribution < 1.29 is 27.8 Å². The summed E-state index contributed by atoms with van der Waals surface area (Å²) in [6.45, 7) is -0.618. The molecule has 0 aliphatic heterocycles. The lowest BCUT2D eigenvalue weighted by Crippen LogP contribution is -2.12. The number of carboxylic acids is 1. The van der Waals surface area contributed by atoms with Gasteiger partial charge < -0.3 is 14.4 Å². The number of alkyl halides is 3. The second-order valence-corrected chi connectivity index (χ2v) is 4.54. The predicted octanol–water partition coefficient (Wildman–Crippen LogP) is 2.70. The first-order valence-electron chi connectivity index (χ1n) is 6.33. The Labute approximate surface area is 124 Å². The Kier molecular flexibility index (Phi) is 4.81. The minimum atomic E-state index is -4.63. The first-order valence-corrected chi connectivity index (χ1v) is 6.33. The van der Waals surface area contributed by atoms with Crippen LogP contribution in [0.3, 0.4) is 0 Å². The molecule has 2 rings (SSSR count). The van der Waals surface area contributed by atoms with Crippen molar-refractivity contribution in [2.24, 2.45) is 0 Å². The number of hydrogen-bond acceptors (Lipinski definition) is 3. The van der Waals surface area contributed by atoms with Crippen LogP contribution in [0, 0.1) is 0 Å². The number of ether oxygens (including phenoxy) is 1. The lowest BCUT2D eigenvalue weighted by atomic mass is 10.2. The zero-order valence-corrected chi connectivity index (χ0v) is 11.4. The maximum Gasteiger partial charge on any atom is 0.434 e. The first-order chi connectivity index (χ1) is 10.4. The van der Waals surface area contributed by atoms with Crippen molar-refractivity contribution in [1.82, 2.24) is 9.55 Å². The highest BCUT2D eigenvalue weighted by molar-refractivity contribution is 5.66. The Morgan fingerprint density at radius 1 is 1.23 bits per heavy atom. The second kappa shape index (κ2) is 6.61. The minimum absolute atomic E-state index is 0.0781. The molecule has 1 aromatic carbocycles. The van der Waals surface area contributed by atoms with E-state index in [0.29, 0.717) is 6.20 Å². The number of aliphatic carboxylic acids is 1. The highest BCUT2D eigenvalue weighted by atomic mass is 19.4. The van der Waals surface area contributed by atoms with Gasteiger partial charge in [0.15, 0.2) is 5.69 Å². The van der Waals surface area contributed by atoms with Gasteiger partial charge in [-0.1, -0.05) is 30.3 Å². The summed E-state index contributed by atoms with van der Waals surface area (Å²) in [5.41, 5.74) is -0.276. The molecule has 5 nitrogen and oxygen atoms in total. The van der Waals surface area contributed by atoms with Crippen LogP contribution in [-0.4, -0.2) is 20.6 Å². The van der Waals surface area contributed by atoms with Crippen LogP contribution in [0.2, 0.25) is 0 Å². The molecule has 2 aromatic rings. The summed E-state index contributed by atoms with van der Waals surface area (Å²) in [6.07, 6.45) is -3.95. The smallest absolute Gasteiger partial charge is 0.434 e. The van der Waals surface area contributed by atoms with Gasteiger partial charge in [-0.15, -0.1) is 0 Å². The van der Waals surface area contributed by atoms with E-state index >= 15 is 0 Å². The number of rotatable bonds is 6. The third kappa shape index (κ3) is 4.32. The van der Waals surface area contributed by atoms with Crippen LogP contribution in [0.4, 0.5) is 13.2 Å². The lowest BCUT2D eigenvalue weighted by Gasteiger charge is -2.06. The fraction of sp³-hybridized carbons (Fsp3) is 0.286. The van der Waals surface area contributed by atoms with Gasteiger partial charge in [0.2, 0.25) is 0 Å². The Bertz CT molecular complexity index is 639. The lowest BCUT2D eigenvalue weighted by molar-refractivity contribution is -0.141. The first kappa shape index (κ1) is 16.0. The zero-order chi connectivity index (χ0) is 16.2. The van der Waals surface area contributed by atoms with E-state index in [9.17, 15) is 18.0 Å². The molecule has 22 heavy (non-hydrogen) atoms. The number of aromatic nitrogens is 2. The van der Waals surface area contributed by atoms with Gasteiger partial charge in [0.25, 0.3) is 0 Å². The fourth-order valence-electron chi connectivity index (χ4n) is 1.82. The summed E-state index contributed by atoms with van der Waals surface area (Å²) in [5.74, 6) is -1.33. The molecule has 0 amide bonds. The molecule has 0 spiro atoms. The normalized spacial score (nSPS) is 11.6. The molecule has 0 saturated heterocycles. The molecule has 0 saturated carbocycles. The van der Waals surface area contributed by atoms with E-state index in [0.717, 1.165) is 10.1 Å². The number of halogens is 3. The average Bonchev–Trinajstić information content (AvgIpc) is 2.82. The van der Waals surface area contributed by atoms with Crippen molar-refractivity contribution >= 4 is 5.97 Å². The van der Waals surface area contributed by atoms with Gasteiger partial charge in [-0.05, 0) is 5.56 Å². The number of nitrogens with zero attached hydrogens (tertiary/aromatic N) is 2. The van der Waals surface area contributed by atoms with E-state index in [1.54, 1.807) is 0 Å². The largest absolute Gasteiger partial charge is 0.480 e. The summed E-state index contributed by atoms with van der Waals surface area (Å²) in [4.78, 5) is 14.1. The van der Waals surface area contributed by atoms with Crippen LogP contribution < -0.4 is 0 Å². The molecule has 8 heteroatoms. The summed E-state index contributed by atoms with van der Waals surface area (Å²) >= 11 is 0. The fourth-order valence-corrected chi connectivity index (χ4v) is 1.82. The van der Waals surface area contributed by atoms with Crippen LogP contribution in [0.5, 0.6) is 0 Å². The molecule has 0 aliphatic rings. The molecule has 0 atom stereocenters. The minimum Gasteiger partial charge on any atom is -0.480 e. The number of hydrogen-bond donors (Lipinski definition) is 1. The van der Waals surface area contributed by atoms with Crippen molar-refractivity contribution in [3.8, 4) is 0 Å². The summed E-state index contributed by atoms with van der Waals surface area (Å²) in [6, 6.07) is 9.08. The van der Waals surface area contributed by atoms with Crippen molar-refractivity contribution in [2.75, 3.05) is 0 Å². The van der Waals surface area contributed by atoms with Gasteiger partial charge in [-0.25, -0.2) is 4.98 Å². The van der Waals surface area contributed by atoms with Crippen LogP contribution in [-0.2, 0) is 35.5 Å². The SMILES string of the molecule is O=C(O)Cn1cc(C(F)(F)F)nc1COCc1ccccc1. The van der Waals surface area contributed by atoms with Gasteiger partial charge in [-0.3, -0.25) is 4.79 Å². The second-order valence-electron chi connectivity index (χ2n) is 4.54. The van der Waals surface area contributed by atoms with E-state index in [2.05, 4.69) is 4.98 Å². The third-order valence-electron chi connectivity index (χ3n) is 2.80. The number of carbonyl (C=O) groups is 1.